The fourth-order valence-electron chi connectivity index (χ4n) is 6.51. The van der Waals surface area contributed by atoms with Crippen molar-refractivity contribution in [1.82, 2.24) is 26.6 Å². The van der Waals surface area contributed by atoms with Crippen molar-refractivity contribution in [3.8, 4) is 0 Å². The first-order valence-corrected chi connectivity index (χ1v) is 22.3. The van der Waals surface area contributed by atoms with E-state index in [2.05, 4.69) is 26.6 Å². The molecule has 66 heavy (non-hydrogen) atoms. The van der Waals surface area contributed by atoms with Gasteiger partial charge in [0.2, 0.25) is 29.5 Å². The summed E-state index contributed by atoms with van der Waals surface area (Å²) >= 11 is 0. The van der Waals surface area contributed by atoms with Gasteiger partial charge in [-0.3, -0.25) is 38.4 Å². The smallest absolute Gasteiger partial charge is 0.303 e. The number of amides is 5. The molecule has 1 aliphatic heterocycles. The van der Waals surface area contributed by atoms with Crippen LogP contribution in [0.4, 0.5) is 0 Å². The Hall–Kier alpha value is -4.56. The van der Waals surface area contributed by atoms with Crippen molar-refractivity contribution < 1.29 is 85.7 Å². The van der Waals surface area contributed by atoms with Crippen LogP contribution in [-0.4, -0.2) is 189 Å². The highest BCUT2D eigenvalue weighted by Gasteiger charge is 2.51. The Balaban J connectivity index is 2.57. The topological polar surface area (TPSA) is 315 Å². The van der Waals surface area contributed by atoms with Gasteiger partial charge in [0.15, 0.2) is 18.5 Å². The van der Waals surface area contributed by atoms with Crippen LogP contribution in [0.2, 0.25) is 0 Å². The molecule has 1 heterocycles. The molecule has 0 spiro atoms. The highest BCUT2D eigenvalue weighted by atomic mass is 16.7. The van der Waals surface area contributed by atoms with Gasteiger partial charge >= 0.3 is 17.9 Å². The summed E-state index contributed by atoms with van der Waals surface area (Å²) in [5.74, 6) is -3.91. The van der Waals surface area contributed by atoms with Crippen molar-refractivity contribution in [3.05, 3.63) is 0 Å². The zero-order valence-electron chi connectivity index (χ0n) is 39.4. The minimum atomic E-state index is -1.24. The molecule has 24 heteroatoms. The zero-order chi connectivity index (χ0) is 49.2. The summed E-state index contributed by atoms with van der Waals surface area (Å²) in [6, 6.07) is -1.10. The second kappa shape index (κ2) is 35.6. The monoisotopic (exact) mass is 951 g/mol. The highest BCUT2D eigenvalue weighted by Crippen LogP contribution is 2.28. The molecule has 24 nitrogen and oxygen atoms in total. The van der Waals surface area contributed by atoms with E-state index in [-0.39, 0.29) is 122 Å². The number of carbonyl (C=O) groups is 8. The van der Waals surface area contributed by atoms with Gasteiger partial charge in [-0.25, -0.2) is 0 Å². The molecule has 0 bridgehead atoms. The fraction of sp³-hybridized carbons (Fsp3) is 0.810. The van der Waals surface area contributed by atoms with Gasteiger partial charge in [-0.15, -0.1) is 0 Å². The predicted molar refractivity (Wildman–Crippen MR) is 232 cm³/mol. The van der Waals surface area contributed by atoms with Gasteiger partial charge in [0.05, 0.1) is 66.0 Å². The molecule has 5 unspecified atom stereocenters. The number of hydrogen-bond donors (Lipinski definition) is 6. The number of ether oxygens (including phenoxy) is 10. The number of carbonyl (C=O) groups excluding carboxylic acids is 8. The van der Waals surface area contributed by atoms with Crippen LogP contribution in [0, 0.1) is 0 Å². The largest absolute Gasteiger partial charge is 0.463 e. The van der Waals surface area contributed by atoms with Gasteiger partial charge in [0, 0.05) is 85.3 Å². The normalized spacial score (nSPS) is 18.1. The van der Waals surface area contributed by atoms with Crippen LogP contribution in [0.3, 0.4) is 0 Å². The van der Waals surface area contributed by atoms with E-state index in [0.717, 1.165) is 13.8 Å². The molecule has 0 aromatic heterocycles. The van der Waals surface area contributed by atoms with Gasteiger partial charge in [0.1, 0.15) is 18.8 Å². The second-order valence-electron chi connectivity index (χ2n) is 14.9. The molecule has 1 saturated heterocycles. The van der Waals surface area contributed by atoms with Crippen molar-refractivity contribution >= 4 is 47.4 Å². The van der Waals surface area contributed by atoms with E-state index >= 15 is 0 Å². The number of nitrogens with one attached hydrogen (secondary N) is 5. The van der Waals surface area contributed by atoms with Gasteiger partial charge < -0.3 is 79.7 Å². The summed E-state index contributed by atoms with van der Waals surface area (Å²) in [6.07, 6.45) is -4.28. The summed E-state index contributed by atoms with van der Waals surface area (Å²) in [5, 5.41) is 13.8. The van der Waals surface area contributed by atoms with Gasteiger partial charge in [-0.05, 0) is 33.1 Å². The van der Waals surface area contributed by atoms with Crippen LogP contribution >= 0.6 is 0 Å². The minimum absolute atomic E-state index is 0.0115. The third kappa shape index (κ3) is 27.8. The average molecular weight is 951 g/mol. The Bertz CT molecular complexity index is 1450. The molecule has 0 saturated carbocycles. The number of esters is 3. The van der Waals surface area contributed by atoms with E-state index in [0.29, 0.717) is 39.5 Å². The van der Waals surface area contributed by atoms with Crippen molar-refractivity contribution in [2.45, 2.75) is 116 Å². The van der Waals surface area contributed by atoms with Crippen molar-refractivity contribution in [1.29, 1.82) is 0 Å². The molecule has 0 radical (unpaired) electrons. The highest BCUT2D eigenvalue weighted by molar-refractivity contribution is 5.81. The summed E-state index contributed by atoms with van der Waals surface area (Å²) in [7, 11) is 0. The quantitative estimate of drug-likeness (QED) is 0.0229. The maximum Gasteiger partial charge on any atom is 0.303 e. The minimum Gasteiger partial charge on any atom is -0.463 e. The van der Waals surface area contributed by atoms with E-state index in [4.69, 9.17) is 53.1 Å². The van der Waals surface area contributed by atoms with Crippen LogP contribution in [0.25, 0.3) is 0 Å². The third-order valence-corrected chi connectivity index (χ3v) is 9.52. The molecule has 5 atom stereocenters. The first-order valence-electron chi connectivity index (χ1n) is 22.3. The third-order valence-electron chi connectivity index (χ3n) is 9.52. The fourth-order valence-corrected chi connectivity index (χ4v) is 6.51. The second-order valence-corrected chi connectivity index (χ2v) is 14.9. The predicted octanol–water partition coefficient (Wildman–Crippen LogP) is -1.72. The Labute approximate surface area is 386 Å². The van der Waals surface area contributed by atoms with E-state index in [1.807, 2.05) is 13.8 Å². The SMILES string of the molecule is CCOCCNC(=O)CCC(CCC(=O)NCCOCC)(CCC(=O)NCCOCCOCCOCCOC1OC(COC(C)=O)C(OC(C)=O)C(OC(C)=O)C1NC(C)=O)NC(=O)CN. The molecular formula is C42H74N6O18. The summed E-state index contributed by atoms with van der Waals surface area (Å²) in [6.45, 7) is 11.3. The number of nitrogens with two attached hydrogens (primary N) is 1. The lowest BCUT2D eigenvalue weighted by molar-refractivity contribution is -0.279. The Morgan fingerprint density at radius 2 is 1.00 bits per heavy atom. The van der Waals surface area contributed by atoms with Crippen LogP contribution in [0.1, 0.15) is 80.1 Å². The summed E-state index contributed by atoms with van der Waals surface area (Å²) in [4.78, 5) is 98.4. The van der Waals surface area contributed by atoms with Crippen molar-refractivity contribution in [2.75, 3.05) is 105 Å². The number of hydrogen-bond acceptors (Lipinski definition) is 19. The van der Waals surface area contributed by atoms with E-state index < -0.39 is 65.9 Å². The lowest BCUT2D eigenvalue weighted by Gasteiger charge is -2.44. The average Bonchev–Trinajstić information content (AvgIpc) is 3.26. The molecular weight excluding hydrogens is 876 g/mol. The van der Waals surface area contributed by atoms with E-state index in [9.17, 15) is 38.4 Å². The lowest BCUT2D eigenvalue weighted by Crippen LogP contribution is -2.66. The molecule has 1 rings (SSSR count). The first kappa shape index (κ1) is 59.5. The molecule has 1 aliphatic rings. The van der Waals surface area contributed by atoms with Crippen LogP contribution in [0.15, 0.2) is 0 Å². The Kier molecular flexibility index (Phi) is 32.1. The van der Waals surface area contributed by atoms with Crippen molar-refractivity contribution in [3.63, 3.8) is 0 Å². The van der Waals surface area contributed by atoms with Crippen LogP contribution in [0.5, 0.6) is 0 Å². The molecule has 0 aromatic carbocycles. The molecule has 380 valence electrons. The molecule has 5 amide bonds. The zero-order valence-corrected chi connectivity index (χ0v) is 39.4. The number of rotatable bonds is 37. The lowest BCUT2D eigenvalue weighted by atomic mass is 9.83. The van der Waals surface area contributed by atoms with Crippen LogP contribution in [-0.2, 0) is 85.7 Å². The molecule has 0 aliphatic carbocycles. The van der Waals surface area contributed by atoms with E-state index in [1.54, 1.807) is 0 Å². The summed E-state index contributed by atoms with van der Waals surface area (Å²) < 4.78 is 54.9. The molecule has 0 aromatic rings. The van der Waals surface area contributed by atoms with Gasteiger partial charge in [-0.1, -0.05) is 0 Å². The maximum absolute atomic E-state index is 12.9. The van der Waals surface area contributed by atoms with Gasteiger partial charge in [0.25, 0.3) is 0 Å². The Morgan fingerprint density at radius 1 is 0.561 bits per heavy atom. The standard InChI is InChI=1S/C42H74N6O18/c1-7-57-18-15-44-34(53)9-12-42(48-37(56)27-43,13-10-35(54)45-16-19-58-8-2)14-11-36(55)46-17-20-59-21-22-60-23-24-61-25-26-62-41-38(47-29(3)49)40(65-32(6)52)39(64-31(5)51)33(66-41)28-63-30(4)50/h33,38-41H,7-28,43H2,1-6H3,(H,44,53)(H,45,54)(H,46,55)(H,47,49)(H,48,56). The van der Waals surface area contributed by atoms with Gasteiger partial charge in [-0.2, -0.15) is 0 Å². The summed E-state index contributed by atoms with van der Waals surface area (Å²) in [5.41, 5.74) is 4.55. The maximum atomic E-state index is 12.9. The van der Waals surface area contributed by atoms with Crippen molar-refractivity contribution in [2.24, 2.45) is 5.73 Å². The van der Waals surface area contributed by atoms with Crippen LogP contribution < -0.4 is 32.3 Å². The molecule has 1 fully saturated rings. The van der Waals surface area contributed by atoms with E-state index in [1.165, 1.54) is 13.8 Å². The Morgan fingerprint density at radius 3 is 1.42 bits per heavy atom. The first-order chi connectivity index (χ1) is 31.6. The molecule has 7 N–H and O–H groups in total.